The quantitative estimate of drug-likeness (QED) is 0.172. The van der Waals surface area contributed by atoms with Crippen LogP contribution in [0.25, 0.3) is 106 Å². The summed E-state index contributed by atoms with van der Waals surface area (Å²) in [5.74, 6) is 1.80. The first-order chi connectivity index (χ1) is 27.8. The summed E-state index contributed by atoms with van der Waals surface area (Å²) in [7, 11) is 0. The van der Waals surface area contributed by atoms with Gasteiger partial charge in [-0.3, -0.25) is 0 Å². The molecule has 0 aliphatic rings. The van der Waals surface area contributed by atoms with Crippen LogP contribution in [0, 0.1) is 0 Å². The summed E-state index contributed by atoms with van der Waals surface area (Å²) >= 11 is 0. The monoisotopic (exact) mass is 716 g/mol. The number of rotatable bonds is 6. The molecule has 3 aromatic heterocycles. The van der Waals surface area contributed by atoms with E-state index >= 15 is 0 Å². The second-order valence-electron chi connectivity index (χ2n) is 14.0. The van der Waals surface area contributed by atoms with E-state index in [1.807, 2.05) is 72.8 Å². The van der Waals surface area contributed by atoms with E-state index in [2.05, 4.69) is 126 Å². The highest BCUT2D eigenvalue weighted by Crippen LogP contribution is 2.41. The Balaban J connectivity index is 1.01. The van der Waals surface area contributed by atoms with E-state index in [4.69, 9.17) is 19.4 Å². The highest BCUT2D eigenvalue weighted by Gasteiger charge is 2.20. The number of fused-ring (bicyclic) bond motifs is 6. The number of hydrogen-bond donors (Lipinski definition) is 0. The summed E-state index contributed by atoms with van der Waals surface area (Å²) in [4.78, 5) is 14.9. The van der Waals surface area contributed by atoms with E-state index in [1.165, 1.54) is 27.4 Å². The second kappa shape index (κ2) is 13.0. The maximum atomic E-state index is 6.69. The molecule has 5 nitrogen and oxygen atoms in total. The molecule has 11 aromatic rings. The molecule has 0 aliphatic heterocycles. The third-order valence-electron chi connectivity index (χ3n) is 10.7. The van der Waals surface area contributed by atoms with Crippen molar-refractivity contribution in [3.8, 4) is 62.1 Å². The standard InChI is InChI=1S/C51H32N4O/c1-4-14-35(15-5-1)49-52-50(36-16-6-2-7-17-36)54-51(53-49)42-23-12-22-41-47-39(21-13-25-46(47)56-48(41)42)34-28-26-33(27-29-34)37-30-31-45-43(32-37)40-20-10-11-24-44(40)55(45)38-18-8-3-9-19-38/h1-32H. The van der Waals surface area contributed by atoms with Crippen LogP contribution in [-0.4, -0.2) is 19.5 Å². The molecule has 0 saturated carbocycles. The molecule has 0 spiro atoms. The Kier molecular flexibility index (Phi) is 7.42. The predicted octanol–water partition coefficient (Wildman–Crippen LogP) is 13.2. The maximum Gasteiger partial charge on any atom is 0.167 e. The van der Waals surface area contributed by atoms with Crippen molar-refractivity contribution in [2.45, 2.75) is 0 Å². The van der Waals surface area contributed by atoms with Gasteiger partial charge in [0.1, 0.15) is 11.2 Å². The van der Waals surface area contributed by atoms with Gasteiger partial charge in [-0.05, 0) is 64.7 Å². The molecule has 0 amide bonds. The van der Waals surface area contributed by atoms with Crippen molar-refractivity contribution in [3.63, 3.8) is 0 Å². The summed E-state index contributed by atoms with van der Waals surface area (Å²) in [5.41, 5.74) is 12.4. The van der Waals surface area contributed by atoms with Gasteiger partial charge in [-0.25, -0.2) is 15.0 Å². The Bertz CT molecular complexity index is 3160. The Labute approximate surface area is 322 Å². The normalized spacial score (nSPS) is 11.6. The van der Waals surface area contributed by atoms with Crippen molar-refractivity contribution < 1.29 is 4.42 Å². The molecule has 11 rings (SSSR count). The Morgan fingerprint density at radius 2 is 0.911 bits per heavy atom. The first-order valence-electron chi connectivity index (χ1n) is 18.8. The molecule has 56 heavy (non-hydrogen) atoms. The molecule has 5 heteroatoms. The van der Waals surface area contributed by atoms with Crippen molar-refractivity contribution in [2.24, 2.45) is 0 Å². The van der Waals surface area contributed by atoms with E-state index in [0.717, 1.165) is 61.0 Å². The number of nitrogens with zero attached hydrogens (tertiary/aromatic N) is 4. The zero-order valence-electron chi connectivity index (χ0n) is 30.2. The zero-order valence-corrected chi connectivity index (χ0v) is 30.2. The van der Waals surface area contributed by atoms with Crippen LogP contribution in [0.5, 0.6) is 0 Å². The van der Waals surface area contributed by atoms with Gasteiger partial charge in [0.2, 0.25) is 0 Å². The van der Waals surface area contributed by atoms with E-state index in [0.29, 0.717) is 17.5 Å². The van der Waals surface area contributed by atoms with Gasteiger partial charge in [0.05, 0.1) is 16.6 Å². The molecule has 0 saturated heterocycles. The third-order valence-corrected chi connectivity index (χ3v) is 10.7. The fraction of sp³-hybridized carbons (Fsp3) is 0. The summed E-state index contributed by atoms with van der Waals surface area (Å²) in [6.07, 6.45) is 0. The van der Waals surface area contributed by atoms with Gasteiger partial charge in [0, 0.05) is 38.4 Å². The van der Waals surface area contributed by atoms with Crippen LogP contribution in [0.3, 0.4) is 0 Å². The minimum Gasteiger partial charge on any atom is -0.455 e. The molecule has 0 radical (unpaired) electrons. The summed E-state index contributed by atoms with van der Waals surface area (Å²) in [5, 5.41) is 4.56. The van der Waals surface area contributed by atoms with Crippen LogP contribution >= 0.6 is 0 Å². The van der Waals surface area contributed by atoms with Crippen LogP contribution < -0.4 is 0 Å². The average Bonchev–Trinajstić information content (AvgIpc) is 3.83. The lowest BCUT2D eigenvalue weighted by Crippen LogP contribution is -2.00. The highest BCUT2D eigenvalue weighted by atomic mass is 16.3. The Morgan fingerprint density at radius 1 is 0.357 bits per heavy atom. The molecular weight excluding hydrogens is 685 g/mol. The number of furan rings is 1. The van der Waals surface area contributed by atoms with Crippen LogP contribution in [0.1, 0.15) is 0 Å². The molecule has 0 fully saturated rings. The maximum absolute atomic E-state index is 6.69. The Morgan fingerprint density at radius 3 is 1.64 bits per heavy atom. The van der Waals surface area contributed by atoms with Gasteiger partial charge >= 0.3 is 0 Å². The van der Waals surface area contributed by atoms with Crippen molar-refractivity contribution in [2.75, 3.05) is 0 Å². The van der Waals surface area contributed by atoms with Gasteiger partial charge in [0.25, 0.3) is 0 Å². The van der Waals surface area contributed by atoms with Gasteiger partial charge in [-0.2, -0.15) is 0 Å². The van der Waals surface area contributed by atoms with Gasteiger partial charge in [-0.1, -0.05) is 152 Å². The molecule has 8 aromatic carbocycles. The third kappa shape index (κ3) is 5.29. The fourth-order valence-corrected chi connectivity index (χ4v) is 8.04. The second-order valence-corrected chi connectivity index (χ2v) is 14.0. The minimum absolute atomic E-state index is 0.567. The molecule has 0 aliphatic carbocycles. The lowest BCUT2D eigenvalue weighted by molar-refractivity contribution is 0.669. The molecule has 0 unspecified atom stereocenters. The summed E-state index contributed by atoms with van der Waals surface area (Å²) < 4.78 is 9.04. The molecule has 0 bridgehead atoms. The molecular formula is C51H32N4O. The number of aromatic nitrogens is 4. The van der Waals surface area contributed by atoms with Crippen molar-refractivity contribution in [3.05, 3.63) is 194 Å². The van der Waals surface area contributed by atoms with Crippen LogP contribution in [-0.2, 0) is 0 Å². The SMILES string of the molecule is c1ccc(-c2nc(-c3ccccc3)nc(-c3cccc4c3oc3cccc(-c5ccc(-c6ccc7c(c6)c6ccccc6n7-c6ccccc6)cc5)c34)n2)cc1. The van der Waals surface area contributed by atoms with E-state index < -0.39 is 0 Å². The van der Waals surface area contributed by atoms with Gasteiger partial charge in [0.15, 0.2) is 17.5 Å². The fourth-order valence-electron chi connectivity index (χ4n) is 8.04. The molecule has 3 heterocycles. The van der Waals surface area contributed by atoms with E-state index in [9.17, 15) is 0 Å². The minimum atomic E-state index is 0.567. The zero-order chi connectivity index (χ0) is 37.0. The smallest absolute Gasteiger partial charge is 0.167 e. The topological polar surface area (TPSA) is 56.7 Å². The Hall–Kier alpha value is -7.63. The lowest BCUT2D eigenvalue weighted by Gasteiger charge is -2.09. The largest absolute Gasteiger partial charge is 0.455 e. The first kappa shape index (κ1) is 31.9. The first-order valence-corrected chi connectivity index (χ1v) is 18.8. The number of para-hydroxylation sites is 3. The number of benzene rings is 8. The van der Waals surface area contributed by atoms with Crippen LogP contribution in [0.4, 0.5) is 0 Å². The molecule has 0 N–H and O–H groups in total. The van der Waals surface area contributed by atoms with Crippen molar-refractivity contribution in [1.82, 2.24) is 19.5 Å². The average molecular weight is 717 g/mol. The van der Waals surface area contributed by atoms with Crippen molar-refractivity contribution in [1.29, 1.82) is 0 Å². The lowest BCUT2D eigenvalue weighted by atomic mass is 9.96. The molecule has 262 valence electrons. The predicted molar refractivity (Wildman–Crippen MR) is 229 cm³/mol. The molecule has 0 atom stereocenters. The summed E-state index contributed by atoms with van der Waals surface area (Å²) in [6, 6.07) is 67.5. The van der Waals surface area contributed by atoms with E-state index in [1.54, 1.807) is 0 Å². The van der Waals surface area contributed by atoms with Crippen LogP contribution in [0.2, 0.25) is 0 Å². The van der Waals surface area contributed by atoms with Crippen molar-refractivity contribution >= 4 is 43.7 Å². The van der Waals surface area contributed by atoms with Crippen LogP contribution in [0.15, 0.2) is 199 Å². The van der Waals surface area contributed by atoms with Gasteiger partial charge in [-0.15, -0.1) is 0 Å². The highest BCUT2D eigenvalue weighted by molar-refractivity contribution is 6.15. The number of hydrogen-bond acceptors (Lipinski definition) is 4. The summed E-state index contributed by atoms with van der Waals surface area (Å²) in [6.45, 7) is 0. The van der Waals surface area contributed by atoms with E-state index in [-0.39, 0.29) is 0 Å². The van der Waals surface area contributed by atoms with Gasteiger partial charge < -0.3 is 8.98 Å².